The van der Waals surface area contributed by atoms with E-state index in [0.29, 0.717) is 24.1 Å². The van der Waals surface area contributed by atoms with Crippen LogP contribution in [0.3, 0.4) is 0 Å². The van der Waals surface area contributed by atoms with E-state index in [1.807, 2.05) is 12.1 Å². The van der Waals surface area contributed by atoms with Gasteiger partial charge < -0.3 is 14.9 Å². The van der Waals surface area contributed by atoms with Crippen molar-refractivity contribution in [3.05, 3.63) is 65.5 Å². The minimum absolute atomic E-state index is 0.0229. The van der Waals surface area contributed by atoms with E-state index in [1.54, 1.807) is 12.1 Å². The van der Waals surface area contributed by atoms with Crippen LogP contribution in [0.1, 0.15) is 17.5 Å². The van der Waals surface area contributed by atoms with Gasteiger partial charge in [-0.3, -0.25) is 14.4 Å². The molecule has 1 N–H and O–H groups in total. The molecule has 0 radical (unpaired) electrons. The first-order valence-electron chi connectivity index (χ1n) is 8.56. The lowest BCUT2D eigenvalue weighted by Crippen LogP contribution is -2.46. The van der Waals surface area contributed by atoms with E-state index < -0.39 is 24.2 Å². The molecular weight excluding hydrogens is 351 g/mol. The second-order valence-electron chi connectivity index (χ2n) is 6.38. The van der Waals surface area contributed by atoms with Gasteiger partial charge in [0, 0.05) is 18.7 Å². The zero-order chi connectivity index (χ0) is 19.4. The van der Waals surface area contributed by atoms with Gasteiger partial charge in [-0.2, -0.15) is 0 Å². The minimum atomic E-state index is -1.16. The third-order valence-electron chi connectivity index (χ3n) is 4.45. The fourth-order valence-electron chi connectivity index (χ4n) is 3.11. The number of carboxylic acid groups (broad SMARTS) is 1. The molecule has 0 atom stereocenters. The van der Waals surface area contributed by atoms with E-state index in [9.17, 15) is 18.8 Å². The van der Waals surface area contributed by atoms with E-state index in [1.165, 1.54) is 29.2 Å². The van der Waals surface area contributed by atoms with E-state index >= 15 is 0 Å². The summed E-state index contributed by atoms with van der Waals surface area (Å²) in [6.45, 7) is -0.709. The second kappa shape index (κ2) is 7.99. The van der Waals surface area contributed by atoms with Gasteiger partial charge in [0.15, 0.2) is 0 Å². The van der Waals surface area contributed by atoms with Crippen LogP contribution < -0.4 is 4.90 Å². The highest BCUT2D eigenvalue weighted by Gasteiger charge is 2.28. The van der Waals surface area contributed by atoms with Crippen LogP contribution in [-0.4, -0.2) is 40.9 Å². The lowest BCUT2D eigenvalue weighted by molar-refractivity contribution is -0.144. The van der Waals surface area contributed by atoms with Crippen molar-refractivity contribution >= 4 is 23.5 Å². The predicted octanol–water partition coefficient (Wildman–Crippen LogP) is 2.22. The maximum atomic E-state index is 13.1. The number of para-hydroxylation sites is 1. The molecule has 1 aliphatic rings. The Balaban J connectivity index is 1.79. The summed E-state index contributed by atoms with van der Waals surface area (Å²) in [5.74, 6) is -2.22. The van der Waals surface area contributed by atoms with Gasteiger partial charge in [0.2, 0.25) is 11.8 Å². The molecule has 0 aromatic heterocycles. The molecule has 7 heteroatoms. The molecule has 2 aromatic rings. The SMILES string of the molecule is O=C(O)CN(Cc1ccc(F)cc1)C(=O)CN1C(=O)CCc2ccccc21. The van der Waals surface area contributed by atoms with Gasteiger partial charge in [-0.15, -0.1) is 0 Å². The number of nitrogens with zero attached hydrogens (tertiary/aromatic N) is 2. The Morgan fingerprint density at radius 1 is 1.07 bits per heavy atom. The first kappa shape index (κ1) is 18.6. The van der Waals surface area contributed by atoms with Gasteiger partial charge in [0.05, 0.1) is 0 Å². The van der Waals surface area contributed by atoms with Crippen LogP contribution in [0.5, 0.6) is 0 Å². The number of aliphatic carboxylic acids is 1. The topological polar surface area (TPSA) is 77.9 Å². The quantitative estimate of drug-likeness (QED) is 0.846. The van der Waals surface area contributed by atoms with Crippen LogP contribution in [0.15, 0.2) is 48.5 Å². The van der Waals surface area contributed by atoms with Crippen molar-refractivity contribution in [2.45, 2.75) is 19.4 Å². The molecular formula is C20H19FN2O4. The molecule has 0 bridgehead atoms. The summed E-state index contributed by atoms with van der Waals surface area (Å²) in [4.78, 5) is 38.8. The van der Waals surface area contributed by atoms with Crippen LogP contribution in [0.2, 0.25) is 0 Å². The Bertz CT molecular complexity index is 867. The van der Waals surface area contributed by atoms with Crippen LogP contribution >= 0.6 is 0 Å². The van der Waals surface area contributed by atoms with Gasteiger partial charge in [-0.1, -0.05) is 30.3 Å². The fourth-order valence-corrected chi connectivity index (χ4v) is 3.11. The number of amides is 2. The number of halogens is 1. The van der Waals surface area contributed by atoms with E-state index in [-0.39, 0.29) is 19.0 Å². The molecule has 0 unspecified atom stereocenters. The Hall–Kier alpha value is -3.22. The molecule has 0 spiro atoms. The van der Waals surface area contributed by atoms with Gasteiger partial charge in [-0.05, 0) is 35.7 Å². The molecule has 3 rings (SSSR count). The second-order valence-corrected chi connectivity index (χ2v) is 6.38. The maximum Gasteiger partial charge on any atom is 0.323 e. The standard InChI is InChI=1S/C20H19FN2O4/c21-16-8-5-14(6-9-16)11-22(13-20(26)27)19(25)12-23-17-4-2-1-3-15(17)7-10-18(23)24/h1-6,8-9H,7,10-13H2,(H,26,27). The number of hydrogen-bond donors (Lipinski definition) is 1. The number of anilines is 1. The van der Waals surface area contributed by atoms with Crippen molar-refractivity contribution in [3.63, 3.8) is 0 Å². The number of hydrogen-bond acceptors (Lipinski definition) is 3. The summed E-state index contributed by atoms with van der Waals surface area (Å²) < 4.78 is 13.1. The lowest BCUT2D eigenvalue weighted by Gasteiger charge is -2.31. The smallest absolute Gasteiger partial charge is 0.323 e. The molecule has 1 heterocycles. The molecule has 1 aliphatic heterocycles. The molecule has 2 aromatic carbocycles. The normalized spacial score (nSPS) is 13.2. The fraction of sp³-hybridized carbons (Fsp3) is 0.250. The molecule has 0 fully saturated rings. The summed E-state index contributed by atoms with van der Waals surface area (Å²) in [7, 11) is 0. The number of carboxylic acids is 1. The summed E-state index contributed by atoms with van der Waals surface area (Å²) in [5.41, 5.74) is 2.27. The van der Waals surface area contributed by atoms with Crippen LogP contribution in [-0.2, 0) is 27.3 Å². The monoisotopic (exact) mass is 370 g/mol. The lowest BCUT2D eigenvalue weighted by atomic mass is 10.0. The molecule has 0 saturated carbocycles. The van der Waals surface area contributed by atoms with Gasteiger partial charge in [0.25, 0.3) is 0 Å². The third-order valence-corrected chi connectivity index (χ3v) is 4.45. The molecule has 0 saturated heterocycles. The van der Waals surface area contributed by atoms with Gasteiger partial charge in [0.1, 0.15) is 18.9 Å². The minimum Gasteiger partial charge on any atom is -0.480 e. The Kier molecular flexibility index (Phi) is 5.49. The number of benzene rings is 2. The number of rotatable bonds is 6. The molecule has 0 aliphatic carbocycles. The largest absolute Gasteiger partial charge is 0.480 e. The van der Waals surface area contributed by atoms with Crippen LogP contribution in [0.4, 0.5) is 10.1 Å². The van der Waals surface area contributed by atoms with Crippen molar-refractivity contribution < 1.29 is 23.9 Å². The Morgan fingerprint density at radius 2 is 1.78 bits per heavy atom. The van der Waals surface area contributed by atoms with E-state index in [0.717, 1.165) is 10.5 Å². The molecule has 6 nitrogen and oxygen atoms in total. The number of fused-ring (bicyclic) bond motifs is 1. The van der Waals surface area contributed by atoms with Crippen LogP contribution in [0.25, 0.3) is 0 Å². The van der Waals surface area contributed by atoms with Crippen molar-refractivity contribution in [2.75, 3.05) is 18.0 Å². The number of aryl methyl sites for hydroxylation is 1. The molecule has 27 heavy (non-hydrogen) atoms. The molecule has 2 amide bonds. The summed E-state index contributed by atoms with van der Waals surface area (Å²) >= 11 is 0. The first-order valence-corrected chi connectivity index (χ1v) is 8.56. The van der Waals surface area contributed by atoms with Crippen molar-refractivity contribution in [1.82, 2.24) is 4.90 Å². The third kappa shape index (κ3) is 4.49. The zero-order valence-corrected chi connectivity index (χ0v) is 14.6. The summed E-state index contributed by atoms with van der Waals surface area (Å²) in [5, 5.41) is 9.14. The van der Waals surface area contributed by atoms with Gasteiger partial charge in [-0.25, -0.2) is 4.39 Å². The summed E-state index contributed by atoms with van der Waals surface area (Å²) in [6.07, 6.45) is 0.926. The number of carbonyl (C=O) groups is 3. The average Bonchev–Trinajstić information content (AvgIpc) is 2.65. The van der Waals surface area contributed by atoms with Crippen LogP contribution in [0, 0.1) is 5.82 Å². The zero-order valence-electron chi connectivity index (χ0n) is 14.6. The van der Waals surface area contributed by atoms with E-state index in [4.69, 9.17) is 5.11 Å². The van der Waals surface area contributed by atoms with Gasteiger partial charge >= 0.3 is 5.97 Å². The Labute approximate surface area is 155 Å². The highest BCUT2D eigenvalue weighted by Crippen LogP contribution is 2.27. The highest BCUT2D eigenvalue weighted by molar-refractivity contribution is 6.01. The van der Waals surface area contributed by atoms with Crippen molar-refractivity contribution in [3.8, 4) is 0 Å². The highest BCUT2D eigenvalue weighted by atomic mass is 19.1. The predicted molar refractivity (Wildman–Crippen MR) is 96.6 cm³/mol. The number of carbonyl (C=O) groups excluding carboxylic acids is 2. The summed E-state index contributed by atoms with van der Waals surface area (Å²) in [6, 6.07) is 12.9. The van der Waals surface area contributed by atoms with Crippen molar-refractivity contribution in [1.29, 1.82) is 0 Å². The maximum absolute atomic E-state index is 13.1. The van der Waals surface area contributed by atoms with E-state index in [2.05, 4.69) is 0 Å². The van der Waals surface area contributed by atoms with Crippen molar-refractivity contribution in [2.24, 2.45) is 0 Å². The molecule has 140 valence electrons. The average molecular weight is 370 g/mol. The Morgan fingerprint density at radius 3 is 2.48 bits per heavy atom. The first-order chi connectivity index (χ1) is 12.9.